The summed E-state index contributed by atoms with van der Waals surface area (Å²) >= 11 is 0. The molecule has 0 bridgehead atoms. The first-order valence-corrected chi connectivity index (χ1v) is 11.9. The van der Waals surface area contributed by atoms with Crippen molar-refractivity contribution >= 4 is 23.0 Å². The zero-order chi connectivity index (χ0) is 22.6. The molecular formula is C26H25N7O. The molecule has 2 fully saturated rings. The van der Waals surface area contributed by atoms with Crippen LogP contribution in [0, 0.1) is 0 Å². The van der Waals surface area contributed by atoms with Crippen LogP contribution < -0.4 is 10.2 Å². The lowest BCUT2D eigenvalue weighted by molar-refractivity contribution is 0.197. The van der Waals surface area contributed by atoms with E-state index in [1.165, 1.54) is 5.56 Å². The Morgan fingerprint density at radius 1 is 0.971 bits per heavy atom. The van der Waals surface area contributed by atoms with Crippen molar-refractivity contribution in [1.29, 1.82) is 0 Å². The van der Waals surface area contributed by atoms with Crippen LogP contribution in [-0.2, 0) is 6.42 Å². The molecule has 0 aliphatic carbocycles. The molecule has 2 amide bonds. The van der Waals surface area contributed by atoms with Crippen molar-refractivity contribution in [3.63, 3.8) is 0 Å². The molecule has 7 rings (SSSR count). The summed E-state index contributed by atoms with van der Waals surface area (Å²) in [7, 11) is 0. The van der Waals surface area contributed by atoms with Crippen molar-refractivity contribution in [3.05, 3.63) is 72.3 Å². The van der Waals surface area contributed by atoms with E-state index >= 15 is 0 Å². The fraction of sp³-hybridized carbons (Fsp3) is 0.308. The van der Waals surface area contributed by atoms with Gasteiger partial charge < -0.3 is 19.7 Å². The Labute approximate surface area is 197 Å². The highest BCUT2D eigenvalue weighted by molar-refractivity contribution is 5.83. The van der Waals surface area contributed by atoms with Crippen molar-refractivity contribution < 1.29 is 4.79 Å². The number of benzene rings is 2. The number of fused-ring (bicyclic) bond motifs is 4. The number of anilines is 1. The van der Waals surface area contributed by atoms with Gasteiger partial charge in [0.1, 0.15) is 5.82 Å². The Morgan fingerprint density at radius 2 is 1.82 bits per heavy atom. The van der Waals surface area contributed by atoms with Crippen molar-refractivity contribution in [3.8, 4) is 11.1 Å². The second-order valence-corrected chi connectivity index (χ2v) is 9.32. The summed E-state index contributed by atoms with van der Waals surface area (Å²) in [6.07, 6.45) is 5.89. The SMILES string of the molecule is O=C1NC[C@@H]2CN(c3ncc(-c4ccc5nc6n(c5c4)[C@@H](c4ccccc4)CC6)cn3)CCN12. The fourth-order valence-electron chi connectivity index (χ4n) is 5.65. The number of rotatable bonds is 3. The molecule has 34 heavy (non-hydrogen) atoms. The van der Waals surface area contributed by atoms with Crippen LogP contribution >= 0.6 is 0 Å². The molecule has 5 heterocycles. The van der Waals surface area contributed by atoms with Gasteiger partial charge in [-0.1, -0.05) is 36.4 Å². The van der Waals surface area contributed by atoms with Crippen molar-refractivity contribution in [2.75, 3.05) is 31.1 Å². The normalized spacial score (nSPS) is 21.6. The molecule has 2 saturated heterocycles. The minimum absolute atomic E-state index is 0.0390. The lowest BCUT2D eigenvalue weighted by atomic mass is 10.0. The maximum atomic E-state index is 11.9. The number of hydrogen-bond acceptors (Lipinski definition) is 5. The van der Waals surface area contributed by atoms with Gasteiger partial charge in [0.25, 0.3) is 0 Å². The second kappa shape index (κ2) is 7.55. The highest BCUT2D eigenvalue weighted by Gasteiger charge is 2.36. The molecule has 0 spiro atoms. The summed E-state index contributed by atoms with van der Waals surface area (Å²) in [5, 5.41) is 2.92. The molecule has 3 aliphatic rings. The molecule has 4 aromatic rings. The van der Waals surface area contributed by atoms with Crippen LogP contribution in [0.3, 0.4) is 0 Å². The lowest BCUT2D eigenvalue weighted by Gasteiger charge is -2.36. The van der Waals surface area contributed by atoms with Crippen molar-refractivity contribution in [1.82, 2.24) is 29.7 Å². The summed E-state index contributed by atoms with van der Waals surface area (Å²) < 4.78 is 2.40. The molecule has 2 aromatic carbocycles. The van der Waals surface area contributed by atoms with E-state index in [4.69, 9.17) is 4.98 Å². The number of aromatic nitrogens is 4. The predicted octanol–water partition coefficient (Wildman–Crippen LogP) is 3.24. The van der Waals surface area contributed by atoms with Gasteiger partial charge in [0.05, 0.1) is 23.1 Å². The number of hydrogen-bond donors (Lipinski definition) is 1. The first kappa shape index (κ1) is 19.5. The number of carbonyl (C=O) groups excluding carboxylic acids is 1. The summed E-state index contributed by atoms with van der Waals surface area (Å²) in [4.78, 5) is 30.2. The van der Waals surface area contributed by atoms with Gasteiger partial charge in [0, 0.05) is 50.6 Å². The maximum Gasteiger partial charge on any atom is 0.317 e. The van der Waals surface area contributed by atoms with E-state index in [0.717, 1.165) is 59.9 Å². The summed E-state index contributed by atoms with van der Waals surface area (Å²) in [5.74, 6) is 1.88. The Kier molecular flexibility index (Phi) is 4.33. The van der Waals surface area contributed by atoms with Crippen molar-refractivity contribution in [2.24, 2.45) is 0 Å². The fourth-order valence-corrected chi connectivity index (χ4v) is 5.65. The third kappa shape index (κ3) is 3.05. The van der Waals surface area contributed by atoms with Crippen molar-refractivity contribution in [2.45, 2.75) is 24.9 Å². The molecule has 0 unspecified atom stereocenters. The smallest absolute Gasteiger partial charge is 0.317 e. The van der Waals surface area contributed by atoms with E-state index in [1.807, 2.05) is 17.3 Å². The largest absolute Gasteiger partial charge is 0.337 e. The number of carbonyl (C=O) groups is 1. The Balaban J connectivity index is 1.18. The van der Waals surface area contributed by atoms with Gasteiger partial charge in [-0.2, -0.15) is 0 Å². The number of imidazole rings is 1. The number of amides is 2. The van der Waals surface area contributed by atoms with Crippen LogP contribution in [-0.4, -0.2) is 62.7 Å². The number of piperazine rings is 1. The van der Waals surface area contributed by atoms with Crippen LogP contribution in [0.15, 0.2) is 60.9 Å². The topological polar surface area (TPSA) is 79.2 Å². The first-order valence-electron chi connectivity index (χ1n) is 11.9. The molecule has 8 heteroatoms. The highest BCUT2D eigenvalue weighted by Crippen LogP contribution is 2.36. The van der Waals surface area contributed by atoms with Gasteiger partial charge in [0.15, 0.2) is 0 Å². The number of nitrogens with one attached hydrogen (secondary N) is 1. The van der Waals surface area contributed by atoms with Crippen LogP contribution in [0.4, 0.5) is 10.7 Å². The zero-order valence-corrected chi connectivity index (χ0v) is 18.8. The second-order valence-electron chi connectivity index (χ2n) is 9.32. The quantitative estimate of drug-likeness (QED) is 0.517. The minimum atomic E-state index is 0.0390. The van der Waals surface area contributed by atoms with Crippen LogP contribution in [0.1, 0.15) is 23.9 Å². The Bertz CT molecular complexity index is 1380. The molecule has 0 saturated carbocycles. The van der Waals surface area contributed by atoms with Gasteiger partial charge in [-0.15, -0.1) is 0 Å². The molecule has 8 nitrogen and oxygen atoms in total. The van der Waals surface area contributed by atoms with E-state index in [0.29, 0.717) is 19.1 Å². The monoisotopic (exact) mass is 451 g/mol. The van der Waals surface area contributed by atoms with Crippen LogP contribution in [0.25, 0.3) is 22.2 Å². The zero-order valence-electron chi connectivity index (χ0n) is 18.8. The third-order valence-electron chi connectivity index (χ3n) is 7.39. The minimum Gasteiger partial charge on any atom is -0.337 e. The molecule has 3 aliphatic heterocycles. The standard InChI is InChI=1S/C26H25N7O/c34-26-29-15-20-16-31(10-11-32(20)26)25-27-13-19(14-28-25)18-6-7-21-23(12-18)33-22(8-9-24(33)30-21)17-4-2-1-3-5-17/h1-7,12-14,20,22H,8-11,15-16H2,(H,29,34)/t20-,22-/m1/s1. The van der Waals surface area contributed by atoms with E-state index in [1.54, 1.807) is 0 Å². The maximum absolute atomic E-state index is 11.9. The molecule has 2 aromatic heterocycles. The van der Waals surface area contributed by atoms with Gasteiger partial charge in [-0.05, 0) is 29.7 Å². The average molecular weight is 452 g/mol. The van der Waals surface area contributed by atoms with Gasteiger partial charge in [-0.25, -0.2) is 19.7 Å². The molecule has 170 valence electrons. The number of aryl methyl sites for hydroxylation is 1. The first-order chi connectivity index (χ1) is 16.7. The summed E-state index contributed by atoms with van der Waals surface area (Å²) in [6.45, 7) is 2.89. The summed E-state index contributed by atoms with van der Waals surface area (Å²) in [6, 6.07) is 17.7. The van der Waals surface area contributed by atoms with E-state index in [2.05, 4.69) is 73.3 Å². The van der Waals surface area contributed by atoms with Gasteiger partial charge >= 0.3 is 6.03 Å². The molecule has 1 N–H and O–H groups in total. The lowest BCUT2D eigenvalue weighted by Crippen LogP contribution is -2.52. The van der Waals surface area contributed by atoms with Gasteiger partial charge in [-0.3, -0.25) is 0 Å². The molecule has 0 radical (unpaired) electrons. The number of nitrogens with zero attached hydrogens (tertiary/aromatic N) is 6. The predicted molar refractivity (Wildman–Crippen MR) is 130 cm³/mol. The Morgan fingerprint density at radius 3 is 2.68 bits per heavy atom. The summed E-state index contributed by atoms with van der Waals surface area (Å²) in [5.41, 5.74) is 5.62. The van der Waals surface area contributed by atoms with E-state index in [9.17, 15) is 4.79 Å². The van der Waals surface area contributed by atoms with E-state index in [-0.39, 0.29) is 12.1 Å². The molecular weight excluding hydrogens is 426 g/mol. The Hall–Kier alpha value is -3.94. The van der Waals surface area contributed by atoms with E-state index < -0.39 is 0 Å². The number of urea groups is 1. The van der Waals surface area contributed by atoms with Crippen LogP contribution in [0.2, 0.25) is 0 Å². The van der Waals surface area contributed by atoms with Gasteiger partial charge in [0.2, 0.25) is 5.95 Å². The average Bonchev–Trinajstić information content (AvgIpc) is 3.58. The highest BCUT2D eigenvalue weighted by atomic mass is 16.2. The van der Waals surface area contributed by atoms with Crippen LogP contribution in [0.5, 0.6) is 0 Å². The molecule has 2 atom stereocenters. The third-order valence-corrected chi connectivity index (χ3v) is 7.39.